The standard InChI is InChI=1S/C21H36N6OS/c1-16-8-12-26(13-9-16)18-15-19(27-11-5-4-7-17(27)2)24-20(23-18)25-21(29)22-10-6-14-28-3/h15-17H,4-14H2,1-3H3,(H2,22,23,24,25,29)/t17-/m1/s1. The van der Waals surface area contributed by atoms with E-state index >= 15 is 0 Å². The Balaban J connectivity index is 1.76. The van der Waals surface area contributed by atoms with Crippen molar-refractivity contribution >= 4 is 34.9 Å². The molecule has 8 heteroatoms. The van der Waals surface area contributed by atoms with Gasteiger partial charge < -0.3 is 25.2 Å². The molecule has 2 saturated heterocycles. The minimum atomic E-state index is 0.500. The molecule has 0 aliphatic carbocycles. The fourth-order valence-electron chi connectivity index (χ4n) is 4.03. The maximum absolute atomic E-state index is 5.45. The highest BCUT2D eigenvalue weighted by molar-refractivity contribution is 7.80. The molecule has 3 rings (SSSR count). The van der Waals surface area contributed by atoms with Crippen molar-refractivity contribution in [3.63, 3.8) is 0 Å². The van der Waals surface area contributed by atoms with Crippen molar-refractivity contribution in [1.82, 2.24) is 15.3 Å². The van der Waals surface area contributed by atoms with Crippen LogP contribution in [0.25, 0.3) is 0 Å². The number of nitrogens with zero attached hydrogens (tertiary/aromatic N) is 4. The quantitative estimate of drug-likeness (QED) is 0.514. The van der Waals surface area contributed by atoms with Crippen molar-refractivity contribution in [1.29, 1.82) is 0 Å². The molecule has 7 nitrogen and oxygen atoms in total. The van der Waals surface area contributed by atoms with E-state index in [0.29, 0.717) is 23.7 Å². The number of hydrogen-bond donors (Lipinski definition) is 2. The predicted molar refractivity (Wildman–Crippen MR) is 124 cm³/mol. The Morgan fingerprint density at radius 3 is 2.62 bits per heavy atom. The number of anilines is 3. The van der Waals surface area contributed by atoms with Crippen LogP contribution in [0.15, 0.2) is 6.07 Å². The van der Waals surface area contributed by atoms with Crippen molar-refractivity contribution in [3.05, 3.63) is 6.07 Å². The minimum Gasteiger partial charge on any atom is -0.385 e. The number of rotatable bonds is 7. The number of hydrogen-bond acceptors (Lipinski definition) is 6. The van der Waals surface area contributed by atoms with Crippen LogP contribution in [0.4, 0.5) is 17.6 Å². The van der Waals surface area contributed by atoms with Crippen LogP contribution >= 0.6 is 12.2 Å². The van der Waals surface area contributed by atoms with E-state index in [9.17, 15) is 0 Å². The third-order valence-electron chi connectivity index (χ3n) is 5.94. The molecular weight excluding hydrogens is 384 g/mol. The molecule has 0 saturated carbocycles. The fraction of sp³-hybridized carbons (Fsp3) is 0.762. The summed E-state index contributed by atoms with van der Waals surface area (Å²) >= 11 is 5.45. The van der Waals surface area contributed by atoms with Gasteiger partial charge in [-0.15, -0.1) is 0 Å². The Bertz CT molecular complexity index is 665. The molecule has 0 aromatic carbocycles. The van der Waals surface area contributed by atoms with E-state index in [2.05, 4.69) is 40.3 Å². The highest BCUT2D eigenvalue weighted by atomic mass is 32.1. The summed E-state index contributed by atoms with van der Waals surface area (Å²) < 4.78 is 5.09. The highest BCUT2D eigenvalue weighted by Gasteiger charge is 2.24. The molecule has 162 valence electrons. The maximum atomic E-state index is 5.45. The lowest BCUT2D eigenvalue weighted by atomic mass is 9.99. The van der Waals surface area contributed by atoms with E-state index < -0.39 is 0 Å². The summed E-state index contributed by atoms with van der Waals surface area (Å²) in [6.07, 6.45) is 7.04. The van der Waals surface area contributed by atoms with Crippen LogP contribution in [-0.4, -0.2) is 61.0 Å². The average molecular weight is 421 g/mol. The van der Waals surface area contributed by atoms with Gasteiger partial charge in [0.25, 0.3) is 0 Å². The van der Waals surface area contributed by atoms with Crippen molar-refractivity contribution in [2.24, 2.45) is 5.92 Å². The lowest BCUT2D eigenvalue weighted by molar-refractivity contribution is 0.196. The van der Waals surface area contributed by atoms with Crippen LogP contribution in [0, 0.1) is 5.92 Å². The molecule has 0 spiro atoms. The van der Waals surface area contributed by atoms with Crippen molar-refractivity contribution in [3.8, 4) is 0 Å². The van der Waals surface area contributed by atoms with Gasteiger partial charge in [-0.05, 0) is 63.6 Å². The Morgan fingerprint density at radius 2 is 1.90 bits per heavy atom. The lowest BCUT2D eigenvalue weighted by Gasteiger charge is -2.36. The van der Waals surface area contributed by atoms with E-state index in [1.165, 1.54) is 32.1 Å². The van der Waals surface area contributed by atoms with Crippen LogP contribution in [0.3, 0.4) is 0 Å². The summed E-state index contributed by atoms with van der Waals surface area (Å²) in [5.41, 5.74) is 0. The third kappa shape index (κ3) is 6.40. The van der Waals surface area contributed by atoms with E-state index in [-0.39, 0.29) is 0 Å². The van der Waals surface area contributed by atoms with E-state index in [0.717, 1.165) is 50.2 Å². The first-order chi connectivity index (χ1) is 14.1. The summed E-state index contributed by atoms with van der Waals surface area (Å²) in [5.74, 6) is 3.38. The SMILES string of the molecule is COCCCNC(=S)Nc1nc(N2CCC(C)CC2)cc(N2CCCC[C@H]2C)n1. The van der Waals surface area contributed by atoms with Gasteiger partial charge in [-0.1, -0.05) is 6.92 Å². The second-order valence-electron chi connectivity index (χ2n) is 8.34. The number of aromatic nitrogens is 2. The number of nitrogens with one attached hydrogen (secondary N) is 2. The minimum absolute atomic E-state index is 0.500. The summed E-state index contributed by atoms with van der Waals surface area (Å²) in [4.78, 5) is 14.4. The summed E-state index contributed by atoms with van der Waals surface area (Å²) in [5, 5.41) is 6.98. The summed E-state index contributed by atoms with van der Waals surface area (Å²) in [7, 11) is 1.71. The van der Waals surface area contributed by atoms with Gasteiger partial charge in [-0.25, -0.2) is 0 Å². The molecule has 2 aliphatic rings. The molecule has 1 aromatic heterocycles. The van der Waals surface area contributed by atoms with E-state index in [4.69, 9.17) is 26.9 Å². The van der Waals surface area contributed by atoms with Gasteiger partial charge in [0.1, 0.15) is 11.6 Å². The molecule has 1 aromatic rings. The largest absolute Gasteiger partial charge is 0.385 e. The fourth-order valence-corrected chi connectivity index (χ4v) is 4.22. The van der Waals surface area contributed by atoms with Crippen molar-refractivity contribution in [2.45, 2.75) is 58.4 Å². The topological polar surface area (TPSA) is 65.6 Å². The van der Waals surface area contributed by atoms with E-state index in [1.54, 1.807) is 7.11 Å². The normalized spacial score (nSPS) is 20.6. The van der Waals surface area contributed by atoms with Gasteiger partial charge in [-0.2, -0.15) is 9.97 Å². The molecule has 0 radical (unpaired) electrons. The number of piperidine rings is 2. The van der Waals surface area contributed by atoms with Crippen molar-refractivity contribution < 1.29 is 4.74 Å². The van der Waals surface area contributed by atoms with Gasteiger partial charge in [0.2, 0.25) is 5.95 Å². The molecule has 3 heterocycles. The molecule has 2 N–H and O–H groups in total. The Labute approximate surface area is 180 Å². The molecule has 0 amide bonds. The Hall–Kier alpha value is -1.67. The first-order valence-electron chi connectivity index (χ1n) is 11.0. The van der Waals surface area contributed by atoms with Crippen LogP contribution in [0.2, 0.25) is 0 Å². The van der Waals surface area contributed by atoms with Gasteiger partial charge >= 0.3 is 0 Å². The van der Waals surface area contributed by atoms with Gasteiger partial charge in [0.15, 0.2) is 5.11 Å². The van der Waals surface area contributed by atoms with Gasteiger partial charge in [0, 0.05) is 52.0 Å². The average Bonchev–Trinajstić information content (AvgIpc) is 2.72. The zero-order valence-corrected chi connectivity index (χ0v) is 18.9. The monoisotopic (exact) mass is 420 g/mol. The zero-order valence-electron chi connectivity index (χ0n) is 18.1. The van der Waals surface area contributed by atoms with Crippen LogP contribution in [0.1, 0.15) is 52.4 Å². The van der Waals surface area contributed by atoms with Crippen molar-refractivity contribution in [2.75, 3.05) is 55.0 Å². The first kappa shape index (κ1) is 22.0. The number of methoxy groups -OCH3 is 1. The molecule has 2 aliphatic heterocycles. The van der Waals surface area contributed by atoms with Crippen LogP contribution in [-0.2, 0) is 4.74 Å². The van der Waals surface area contributed by atoms with Crippen LogP contribution in [0.5, 0.6) is 0 Å². The zero-order chi connectivity index (χ0) is 20.6. The first-order valence-corrected chi connectivity index (χ1v) is 11.4. The smallest absolute Gasteiger partial charge is 0.232 e. The molecular formula is C21H36N6OS. The number of thiocarbonyl (C=S) groups is 1. The molecule has 2 fully saturated rings. The second kappa shape index (κ2) is 10.9. The summed E-state index contributed by atoms with van der Waals surface area (Å²) in [6, 6.07) is 2.66. The molecule has 1 atom stereocenters. The second-order valence-corrected chi connectivity index (χ2v) is 8.75. The highest BCUT2D eigenvalue weighted by Crippen LogP contribution is 2.29. The predicted octanol–water partition coefficient (Wildman–Crippen LogP) is 3.41. The van der Waals surface area contributed by atoms with Gasteiger partial charge in [0.05, 0.1) is 0 Å². The lowest BCUT2D eigenvalue weighted by Crippen LogP contribution is -2.39. The number of ether oxygens (including phenoxy) is 1. The van der Waals surface area contributed by atoms with Crippen LogP contribution < -0.4 is 20.4 Å². The van der Waals surface area contributed by atoms with Gasteiger partial charge in [-0.3, -0.25) is 0 Å². The molecule has 0 unspecified atom stereocenters. The third-order valence-corrected chi connectivity index (χ3v) is 6.19. The molecule has 0 bridgehead atoms. The summed E-state index contributed by atoms with van der Waals surface area (Å²) in [6.45, 7) is 9.25. The maximum Gasteiger partial charge on any atom is 0.232 e. The molecule has 29 heavy (non-hydrogen) atoms. The van der Waals surface area contributed by atoms with E-state index in [1.807, 2.05) is 0 Å². The Morgan fingerprint density at radius 1 is 1.14 bits per heavy atom. The Kier molecular flexibility index (Phi) is 8.29.